The molecule has 110 valence electrons. The molecule has 0 N–H and O–H groups in total. The summed E-state index contributed by atoms with van der Waals surface area (Å²) < 4.78 is 0. The molecule has 2 nitrogen and oxygen atoms in total. The van der Waals surface area contributed by atoms with Crippen LogP contribution in [-0.4, -0.2) is 22.9 Å². The lowest BCUT2D eigenvalue weighted by atomic mass is 10.1. The van der Waals surface area contributed by atoms with Crippen LogP contribution in [0.15, 0.2) is 30.3 Å². The number of benzene rings is 1. The molecule has 0 heterocycles. The van der Waals surface area contributed by atoms with E-state index in [1.54, 1.807) is 6.08 Å². The highest BCUT2D eigenvalue weighted by Gasteiger charge is 2.21. The average Bonchev–Trinajstić information content (AvgIpc) is 2.46. The molecule has 1 rings (SSSR count). The van der Waals surface area contributed by atoms with E-state index in [4.69, 9.17) is 11.6 Å². The van der Waals surface area contributed by atoms with Gasteiger partial charge in [0.25, 0.3) is 0 Å². The van der Waals surface area contributed by atoms with E-state index in [0.717, 1.165) is 18.4 Å². The molecule has 0 aliphatic rings. The Hall–Kier alpha value is -1.28. The van der Waals surface area contributed by atoms with Crippen molar-refractivity contribution in [2.24, 2.45) is 0 Å². The standard InChI is InChI=1S/C17H24ClNO/c1-5-13(3)19(14(4)6-2)17(20)12-9-15-7-10-16(18)11-8-15/h7-14H,5-6H2,1-4H3/b12-9+. The lowest BCUT2D eigenvalue weighted by molar-refractivity contribution is -0.130. The quantitative estimate of drug-likeness (QED) is 0.691. The van der Waals surface area contributed by atoms with Crippen molar-refractivity contribution >= 4 is 23.6 Å². The van der Waals surface area contributed by atoms with E-state index >= 15 is 0 Å². The minimum Gasteiger partial charge on any atom is -0.334 e. The molecule has 0 radical (unpaired) electrons. The largest absolute Gasteiger partial charge is 0.334 e. The Morgan fingerprint density at radius 3 is 2.10 bits per heavy atom. The molecule has 1 amide bonds. The van der Waals surface area contributed by atoms with Crippen LogP contribution in [-0.2, 0) is 4.79 Å². The van der Waals surface area contributed by atoms with Crippen LogP contribution in [0.4, 0.5) is 0 Å². The Kier molecular flexibility index (Phi) is 6.80. The van der Waals surface area contributed by atoms with Crippen molar-refractivity contribution in [3.8, 4) is 0 Å². The average molecular weight is 294 g/mol. The third-order valence-electron chi connectivity index (χ3n) is 3.67. The van der Waals surface area contributed by atoms with Gasteiger partial charge >= 0.3 is 0 Å². The number of carbonyl (C=O) groups excluding carboxylic acids is 1. The van der Waals surface area contributed by atoms with Crippen molar-refractivity contribution in [1.29, 1.82) is 0 Å². The number of halogens is 1. The molecule has 2 unspecified atom stereocenters. The summed E-state index contributed by atoms with van der Waals surface area (Å²) in [6.07, 6.45) is 5.42. The SMILES string of the molecule is CCC(C)N(C(=O)/C=C/c1ccc(Cl)cc1)C(C)CC. The highest BCUT2D eigenvalue weighted by atomic mass is 35.5. The first-order valence-electron chi connectivity index (χ1n) is 7.25. The third kappa shape index (κ3) is 4.68. The van der Waals surface area contributed by atoms with E-state index < -0.39 is 0 Å². The normalized spacial score (nSPS) is 14.2. The van der Waals surface area contributed by atoms with Crippen LogP contribution in [0.3, 0.4) is 0 Å². The summed E-state index contributed by atoms with van der Waals surface area (Å²) in [7, 11) is 0. The summed E-state index contributed by atoms with van der Waals surface area (Å²) in [6.45, 7) is 8.41. The second-order valence-corrected chi connectivity index (χ2v) is 5.58. The number of carbonyl (C=O) groups is 1. The molecule has 3 heteroatoms. The van der Waals surface area contributed by atoms with Crippen LogP contribution in [0.2, 0.25) is 5.02 Å². The molecule has 0 spiro atoms. The Balaban J connectivity index is 2.82. The van der Waals surface area contributed by atoms with Crippen LogP contribution in [0.25, 0.3) is 6.08 Å². The fraction of sp³-hybridized carbons (Fsp3) is 0.471. The van der Waals surface area contributed by atoms with Gasteiger partial charge in [0.1, 0.15) is 0 Å². The second-order valence-electron chi connectivity index (χ2n) is 5.14. The predicted molar refractivity (Wildman–Crippen MR) is 86.8 cm³/mol. The van der Waals surface area contributed by atoms with Gasteiger partial charge in [0, 0.05) is 23.2 Å². The van der Waals surface area contributed by atoms with Gasteiger partial charge in [0.2, 0.25) is 5.91 Å². The number of amides is 1. The first-order valence-corrected chi connectivity index (χ1v) is 7.63. The molecular formula is C17H24ClNO. The Morgan fingerprint density at radius 2 is 1.65 bits per heavy atom. The zero-order chi connectivity index (χ0) is 15.1. The van der Waals surface area contributed by atoms with E-state index in [0.29, 0.717) is 5.02 Å². The molecule has 0 aromatic heterocycles. The lowest BCUT2D eigenvalue weighted by Gasteiger charge is -2.33. The zero-order valence-corrected chi connectivity index (χ0v) is 13.5. The van der Waals surface area contributed by atoms with Crippen LogP contribution >= 0.6 is 11.6 Å². The van der Waals surface area contributed by atoms with Gasteiger partial charge in [-0.05, 0) is 50.5 Å². The van der Waals surface area contributed by atoms with Crippen LogP contribution in [0, 0.1) is 0 Å². The van der Waals surface area contributed by atoms with Gasteiger partial charge in [-0.3, -0.25) is 4.79 Å². The Bertz CT molecular complexity index is 443. The summed E-state index contributed by atoms with van der Waals surface area (Å²) in [5, 5.41) is 0.703. The smallest absolute Gasteiger partial charge is 0.247 e. The lowest BCUT2D eigenvalue weighted by Crippen LogP contribution is -2.43. The third-order valence-corrected chi connectivity index (χ3v) is 3.93. The van der Waals surface area contributed by atoms with Gasteiger partial charge in [-0.2, -0.15) is 0 Å². The summed E-state index contributed by atoms with van der Waals surface area (Å²) in [6, 6.07) is 7.98. The van der Waals surface area contributed by atoms with Gasteiger partial charge < -0.3 is 4.90 Å². The highest BCUT2D eigenvalue weighted by Crippen LogP contribution is 2.14. The number of hydrogen-bond acceptors (Lipinski definition) is 1. The van der Waals surface area contributed by atoms with E-state index in [-0.39, 0.29) is 18.0 Å². The van der Waals surface area contributed by atoms with Gasteiger partial charge in [-0.15, -0.1) is 0 Å². The molecule has 2 atom stereocenters. The topological polar surface area (TPSA) is 20.3 Å². The summed E-state index contributed by atoms with van der Waals surface area (Å²) in [5.41, 5.74) is 0.982. The molecule has 0 fully saturated rings. The molecule has 0 saturated carbocycles. The number of nitrogens with zero attached hydrogens (tertiary/aromatic N) is 1. The Labute approximate surface area is 127 Å². The summed E-state index contributed by atoms with van der Waals surface area (Å²) >= 11 is 5.85. The van der Waals surface area contributed by atoms with Crippen molar-refractivity contribution in [2.45, 2.75) is 52.6 Å². The molecule has 20 heavy (non-hydrogen) atoms. The molecule has 0 aliphatic carbocycles. The van der Waals surface area contributed by atoms with Crippen LogP contribution in [0.1, 0.15) is 46.1 Å². The van der Waals surface area contributed by atoms with Gasteiger partial charge in [-0.25, -0.2) is 0 Å². The maximum Gasteiger partial charge on any atom is 0.247 e. The fourth-order valence-corrected chi connectivity index (χ4v) is 2.22. The van der Waals surface area contributed by atoms with Gasteiger partial charge in [-0.1, -0.05) is 37.6 Å². The monoisotopic (exact) mass is 293 g/mol. The van der Waals surface area contributed by atoms with E-state index in [1.165, 1.54) is 0 Å². The number of hydrogen-bond donors (Lipinski definition) is 0. The highest BCUT2D eigenvalue weighted by molar-refractivity contribution is 6.30. The Morgan fingerprint density at radius 1 is 1.15 bits per heavy atom. The fourth-order valence-electron chi connectivity index (χ4n) is 2.09. The predicted octanol–water partition coefficient (Wildman–Crippen LogP) is 4.78. The van der Waals surface area contributed by atoms with Crippen molar-refractivity contribution in [1.82, 2.24) is 4.90 Å². The maximum absolute atomic E-state index is 12.4. The van der Waals surface area contributed by atoms with E-state index in [2.05, 4.69) is 27.7 Å². The minimum absolute atomic E-state index is 0.0728. The van der Waals surface area contributed by atoms with Gasteiger partial charge in [0.15, 0.2) is 0 Å². The van der Waals surface area contributed by atoms with Crippen LogP contribution in [0.5, 0.6) is 0 Å². The molecule has 0 aliphatic heterocycles. The molecule has 0 saturated heterocycles. The van der Waals surface area contributed by atoms with E-state index in [9.17, 15) is 4.79 Å². The second kappa shape index (κ2) is 8.11. The van der Waals surface area contributed by atoms with Crippen molar-refractivity contribution in [2.75, 3.05) is 0 Å². The van der Waals surface area contributed by atoms with Crippen molar-refractivity contribution in [3.63, 3.8) is 0 Å². The van der Waals surface area contributed by atoms with E-state index in [1.807, 2.05) is 35.2 Å². The van der Waals surface area contributed by atoms with Crippen molar-refractivity contribution in [3.05, 3.63) is 40.9 Å². The summed E-state index contributed by atoms with van der Waals surface area (Å²) in [5.74, 6) is 0.0728. The molecule has 1 aromatic carbocycles. The zero-order valence-electron chi connectivity index (χ0n) is 12.8. The molecule has 1 aromatic rings. The first-order chi connectivity index (χ1) is 9.49. The van der Waals surface area contributed by atoms with Gasteiger partial charge in [0.05, 0.1) is 0 Å². The first kappa shape index (κ1) is 16.8. The summed E-state index contributed by atoms with van der Waals surface area (Å²) in [4.78, 5) is 14.4. The number of rotatable bonds is 6. The molecular weight excluding hydrogens is 270 g/mol. The van der Waals surface area contributed by atoms with Crippen molar-refractivity contribution < 1.29 is 4.79 Å². The molecule has 0 bridgehead atoms. The van der Waals surface area contributed by atoms with Crippen LogP contribution < -0.4 is 0 Å². The maximum atomic E-state index is 12.4. The minimum atomic E-state index is 0.0728.